The Labute approximate surface area is 196 Å². The second kappa shape index (κ2) is 10.4. The van der Waals surface area contributed by atoms with Gasteiger partial charge in [-0.15, -0.1) is 0 Å². The molecule has 0 saturated carbocycles. The van der Waals surface area contributed by atoms with Crippen molar-refractivity contribution < 1.29 is 19.0 Å². The van der Waals surface area contributed by atoms with Gasteiger partial charge in [0.05, 0.1) is 12.7 Å². The molecule has 170 valence electrons. The first kappa shape index (κ1) is 22.6. The largest absolute Gasteiger partial charge is 0.493 e. The number of carbonyl (C=O) groups is 1. The van der Waals surface area contributed by atoms with Gasteiger partial charge in [-0.3, -0.25) is 10.2 Å². The van der Waals surface area contributed by atoms with E-state index in [1.807, 2.05) is 48.5 Å². The van der Waals surface area contributed by atoms with Crippen LogP contribution in [-0.2, 0) is 4.79 Å². The third kappa shape index (κ3) is 5.09. The summed E-state index contributed by atoms with van der Waals surface area (Å²) in [6.45, 7) is 2.66. The first-order valence-corrected chi connectivity index (χ1v) is 11.4. The van der Waals surface area contributed by atoms with Gasteiger partial charge in [-0.2, -0.15) is 15.1 Å². The van der Waals surface area contributed by atoms with Gasteiger partial charge in [0.2, 0.25) is 5.17 Å². The van der Waals surface area contributed by atoms with E-state index in [2.05, 4.69) is 17.0 Å². The number of amides is 1. The van der Waals surface area contributed by atoms with E-state index in [1.165, 1.54) is 16.8 Å². The van der Waals surface area contributed by atoms with Gasteiger partial charge in [0, 0.05) is 5.56 Å². The van der Waals surface area contributed by atoms with E-state index in [0.717, 1.165) is 17.9 Å². The third-order valence-corrected chi connectivity index (χ3v) is 5.81. The molecule has 2 aliphatic heterocycles. The highest BCUT2D eigenvalue weighted by Crippen LogP contribution is 2.31. The van der Waals surface area contributed by atoms with Gasteiger partial charge in [-0.25, -0.2) is 0 Å². The fourth-order valence-corrected chi connectivity index (χ4v) is 4.26. The molecule has 2 heterocycles. The number of carbonyl (C=O) groups excluding carboxylic acids is 1. The zero-order chi connectivity index (χ0) is 23.2. The summed E-state index contributed by atoms with van der Waals surface area (Å²) >= 11 is 1.34. The molecule has 33 heavy (non-hydrogen) atoms. The van der Waals surface area contributed by atoms with Gasteiger partial charge in [-0.05, 0) is 48.9 Å². The molecule has 0 aromatic heterocycles. The number of para-hydroxylation sites is 3. The van der Waals surface area contributed by atoms with Crippen LogP contribution >= 0.6 is 11.8 Å². The quantitative estimate of drug-likeness (QED) is 0.431. The topological polar surface area (TPSA) is 96.6 Å². The maximum absolute atomic E-state index is 12.6. The molecule has 1 amide bonds. The number of benzene rings is 2. The second-order valence-electron chi connectivity index (χ2n) is 7.15. The highest BCUT2D eigenvalue weighted by molar-refractivity contribution is 8.26. The second-order valence-corrected chi connectivity index (χ2v) is 8.19. The van der Waals surface area contributed by atoms with Crippen molar-refractivity contribution in [3.8, 4) is 17.2 Å². The standard InChI is InChI=1S/C24H24N4O4S/c1-3-8-21-27-28-22(25)17(23(29)26-24(28)33-21)15-16-9-4-5-10-18(16)31-13-14-32-20-12-7-6-11-19(20)30-2/h4-7,9-12,15,25H,3,8,13-14H2,1-2H3. The lowest BCUT2D eigenvalue weighted by molar-refractivity contribution is -0.114. The number of methoxy groups -OCH3 is 1. The Bertz CT molecular complexity index is 1160. The van der Waals surface area contributed by atoms with E-state index in [-0.39, 0.29) is 11.4 Å². The van der Waals surface area contributed by atoms with Gasteiger partial charge in [-0.1, -0.05) is 37.3 Å². The predicted octanol–water partition coefficient (Wildman–Crippen LogP) is 4.57. The predicted molar refractivity (Wildman–Crippen MR) is 130 cm³/mol. The number of hydrazone groups is 1. The molecular formula is C24H24N4O4S. The number of hydrogen-bond donors (Lipinski definition) is 1. The van der Waals surface area contributed by atoms with E-state index in [1.54, 1.807) is 13.2 Å². The zero-order valence-electron chi connectivity index (χ0n) is 18.4. The number of amidine groups is 2. The van der Waals surface area contributed by atoms with E-state index in [0.29, 0.717) is 41.2 Å². The van der Waals surface area contributed by atoms with E-state index >= 15 is 0 Å². The first-order chi connectivity index (χ1) is 16.1. The van der Waals surface area contributed by atoms with Crippen LogP contribution < -0.4 is 14.2 Å². The number of thioether (sulfide) groups is 1. The van der Waals surface area contributed by atoms with Crippen molar-refractivity contribution >= 4 is 39.8 Å². The van der Waals surface area contributed by atoms with Gasteiger partial charge in [0.25, 0.3) is 5.91 Å². The van der Waals surface area contributed by atoms with Gasteiger partial charge < -0.3 is 14.2 Å². The molecule has 0 aliphatic carbocycles. The molecule has 0 fully saturated rings. The van der Waals surface area contributed by atoms with Crippen LogP contribution in [0, 0.1) is 5.41 Å². The summed E-state index contributed by atoms with van der Waals surface area (Å²) in [5.41, 5.74) is 0.841. The van der Waals surface area contributed by atoms with Crippen LogP contribution in [0.3, 0.4) is 0 Å². The normalized spacial score (nSPS) is 16.4. The molecule has 2 aliphatic rings. The van der Waals surface area contributed by atoms with E-state index in [9.17, 15) is 4.79 Å². The molecule has 2 aromatic rings. The number of nitrogens with one attached hydrogen (secondary N) is 1. The SMILES string of the molecule is CCCC1=NN2C(=N)C(=Cc3ccccc3OCCOc3ccccc3OC)C(=O)N=C2S1. The van der Waals surface area contributed by atoms with Gasteiger partial charge >= 0.3 is 0 Å². The lowest BCUT2D eigenvalue weighted by atomic mass is 10.1. The number of fused-ring (bicyclic) bond motifs is 1. The lowest BCUT2D eigenvalue weighted by Gasteiger charge is -2.20. The lowest BCUT2D eigenvalue weighted by Crippen LogP contribution is -2.35. The first-order valence-electron chi connectivity index (χ1n) is 10.6. The van der Waals surface area contributed by atoms with Crippen molar-refractivity contribution in [1.29, 1.82) is 5.41 Å². The summed E-state index contributed by atoms with van der Waals surface area (Å²) in [5.74, 6) is 1.43. The molecular weight excluding hydrogens is 440 g/mol. The number of ether oxygens (including phenoxy) is 3. The average Bonchev–Trinajstić information content (AvgIpc) is 3.23. The number of hydrogen-bond acceptors (Lipinski definition) is 7. The van der Waals surface area contributed by atoms with Crippen LogP contribution in [0.15, 0.2) is 64.2 Å². The Balaban J connectivity index is 1.46. The fraction of sp³-hybridized carbons (Fsp3) is 0.250. The van der Waals surface area contributed by atoms with Gasteiger partial charge in [0.1, 0.15) is 24.0 Å². The van der Waals surface area contributed by atoms with Crippen molar-refractivity contribution in [2.45, 2.75) is 19.8 Å². The Kier molecular flexibility index (Phi) is 7.09. The third-order valence-electron chi connectivity index (χ3n) is 4.85. The minimum Gasteiger partial charge on any atom is -0.493 e. The maximum atomic E-state index is 12.6. The summed E-state index contributed by atoms with van der Waals surface area (Å²) in [6, 6.07) is 14.7. The summed E-state index contributed by atoms with van der Waals surface area (Å²) < 4.78 is 16.9. The molecule has 0 radical (unpaired) electrons. The van der Waals surface area contributed by atoms with Crippen molar-refractivity contribution in [3.05, 3.63) is 59.7 Å². The highest BCUT2D eigenvalue weighted by Gasteiger charge is 2.35. The van der Waals surface area contributed by atoms with Crippen LogP contribution in [-0.4, -0.2) is 47.3 Å². The zero-order valence-corrected chi connectivity index (χ0v) is 19.2. The van der Waals surface area contributed by atoms with Crippen LogP contribution in [0.4, 0.5) is 0 Å². The van der Waals surface area contributed by atoms with Crippen LogP contribution in [0.25, 0.3) is 6.08 Å². The molecule has 1 N–H and O–H groups in total. The Morgan fingerprint density at radius 2 is 1.70 bits per heavy atom. The summed E-state index contributed by atoms with van der Waals surface area (Å²) in [5, 5.41) is 15.7. The molecule has 2 aromatic carbocycles. The molecule has 0 unspecified atom stereocenters. The van der Waals surface area contributed by atoms with Crippen LogP contribution in [0.2, 0.25) is 0 Å². The van der Waals surface area contributed by atoms with Crippen LogP contribution in [0.1, 0.15) is 25.3 Å². The van der Waals surface area contributed by atoms with Crippen molar-refractivity contribution in [2.24, 2.45) is 10.1 Å². The Morgan fingerprint density at radius 1 is 1.03 bits per heavy atom. The number of nitrogens with zero attached hydrogens (tertiary/aromatic N) is 3. The fourth-order valence-electron chi connectivity index (χ4n) is 3.27. The summed E-state index contributed by atoms with van der Waals surface area (Å²) in [6.07, 6.45) is 3.34. The molecule has 9 heteroatoms. The minimum atomic E-state index is -0.457. The van der Waals surface area contributed by atoms with E-state index < -0.39 is 5.91 Å². The molecule has 0 bridgehead atoms. The van der Waals surface area contributed by atoms with E-state index in [4.69, 9.17) is 19.6 Å². The molecule has 0 atom stereocenters. The van der Waals surface area contributed by atoms with Crippen molar-refractivity contribution in [1.82, 2.24) is 5.01 Å². The van der Waals surface area contributed by atoms with Crippen LogP contribution in [0.5, 0.6) is 17.2 Å². The smallest absolute Gasteiger partial charge is 0.283 e. The summed E-state index contributed by atoms with van der Waals surface area (Å²) in [4.78, 5) is 16.8. The minimum absolute atomic E-state index is 0.0120. The molecule has 0 saturated heterocycles. The summed E-state index contributed by atoms with van der Waals surface area (Å²) in [7, 11) is 1.59. The monoisotopic (exact) mass is 464 g/mol. The molecule has 8 nitrogen and oxygen atoms in total. The Hall–Kier alpha value is -3.59. The number of rotatable bonds is 9. The average molecular weight is 465 g/mol. The molecule has 0 spiro atoms. The highest BCUT2D eigenvalue weighted by atomic mass is 32.2. The van der Waals surface area contributed by atoms with Gasteiger partial charge in [0.15, 0.2) is 17.3 Å². The van der Waals surface area contributed by atoms with Crippen molar-refractivity contribution in [2.75, 3.05) is 20.3 Å². The molecule has 4 rings (SSSR count). The van der Waals surface area contributed by atoms with Crippen molar-refractivity contribution in [3.63, 3.8) is 0 Å². The number of aliphatic imine (C=N–C) groups is 1. The Morgan fingerprint density at radius 3 is 2.42 bits per heavy atom. The maximum Gasteiger partial charge on any atom is 0.283 e.